The van der Waals surface area contributed by atoms with Gasteiger partial charge in [-0.3, -0.25) is 9.62 Å². The SMILES string of the molecule is CCN1CCC[C@@H]1CNc1cc(NS(=O)(=O)c2cc(C)ccc2OC)cc2ccoc12.Cl. The zero-order valence-electron chi connectivity index (χ0n) is 18.6. The lowest BCUT2D eigenvalue weighted by Crippen LogP contribution is -2.34. The van der Waals surface area contributed by atoms with Crippen LogP contribution in [0.5, 0.6) is 5.75 Å². The van der Waals surface area contributed by atoms with E-state index in [0.717, 1.165) is 48.3 Å². The Morgan fingerprint density at radius 3 is 2.78 bits per heavy atom. The van der Waals surface area contributed by atoms with Gasteiger partial charge in [0.1, 0.15) is 10.6 Å². The molecule has 1 saturated heterocycles. The number of benzene rings is 2. The molecule has 0 saturated carbocycles. The van der Waals surface area contributed by atoms with Crippen LogP contribution < -0.4 is 14.8 Å². The largest absolute Gasteiger partial charge is 0.495 e. The Morgan fingerprint density at radius 1 is 1.22 bits per heavy atom. The number of aryl methyl sites for hydroxylation is 1. The maximum absolute atomic E-state index is 13.1. The second-order valence-corrected chi connectivity index (χ2v) is 9.58. The number of halogens is 1. The van der Waals surface area contributed by atoms with E-state index in [4.69, 9.17) is 9.15 Å². The molecule has 2 N–H and O–H groups in total. The average Bonchev–Trinajstić information content (AvgIpc) is 3.40. The number of furan rings is 1. The van der Waals surface area contributed by atoms with E-state index in [1.807, 2.05) is 19.1 Å². The number of rotatable bonds is 8. The Morgan fingerprint density at radius 2 is 2.03 bits per heavy atom. The van der Waals surface area contributed by atoms with Gasteiger partial charge in [0.2, 0.25) is 0 Å². The monoisotopic (exact) mass is 479 g/mol. The van der Waals surface area contributed by atoms with Crippen LogP contribution in [-0.4, -0.2) is 46.1 Å². The van der Waals surface area contributed by atoms with Gasteiger partial charge in [0.25, 0.3) is 10.0 Å². The smallest absolute Gasteiger partial charge is 0.265 e. The number of anilines is 2. The summed E-state index contributed by atoms with van der Waals surface area (Å²) >= 11 is 0. The third-order valence-corrected chi connectivity index (χ3v) is 7.25. The van der Waals surface area contributed by atoms with E-state index in [-0.39, 0.29) is 17.3 Å². The van der Waals surface area contributed by atoms with Gasteiger partial charge in [-0.05, 0) is 68.8 Å². The van der Waals surface area contributed by atoms with Crippen LogP contribution in [0.4, 0.5) is 11.4 Å². The molecule has 1 aliphatic rings. The highest BCUT2D eigenvalue weighted by molar-refractivity contribution is 7.92. The van der Waals surface area contributed by atoms with Crippen LogP contribution in [-0.2, 0) is 10.0 Å². The standard InChI is InChI=1S/C23H29N3O4S.ClH/c1-4-26-10-5-6-19(26)15-24-20-14-18(13-17-9-11-30-23(17)20)25-31(27,28)22-12-16(2)7-8-21(22)29-3;/h7-9,11-14,19,24-25H,4-6,10,15H2,1-3H3;1H/t19-;/m1./s1. The van der Waals surface area contributed by atoms with Crippen molar-refractivity contribution in [1.29, 1.82) is 0 Å². The molecule has 0 bridgehead atoms. The fourth-order valence-electron chi connectivity index (χ4n) is 4.25. The highest BCUT2D eigenvalue weighted by Crippen LogP contribution is 2.32. The molecule has 0 unspecified atom stereocenters. The summed E-state index contributed by atoms with van der Waals surface area (Å²) in [4.78, 5) is 2.57. The molecule has 1 aromatic heterocycles. The zero-order valence-corrected chi connectivity index (χ0v) is 20.2. The highest BCUT2D eigenvalue weighted by atomic mass is 35.5. The Bertz CT molecular complexity index is 1180. The van der Waals surface area contributed by atoms with Gasteiger partial charge < -0.3 is 14.5 Å². The van der Waals surface area contributed by atoms with E-state index in [9.17, 15) is 8.42 Å². The summed E-state index contributed by atoms with van der Waals surface area (Å²) in [7, 11) is -2.37. The quantitative estimate of drug-likeness (QED) is 0.479. The molecule has 0 amide bonds. The van der Waals surface area contributed by atoms with Crippen LogP contribution in [0.25, 0.3) is 11.0 Å². The molecule has 3 aromatic rings. The molecule has 7 nitrogen and oxygen atoms in total. The van der Waals surface area contributed by atoms with Gasteiger partial charge in [-0.15, -0.1) is 12.4 Å². The predicted octanol–water partition coefficient (Wildman–Crippen LogP) is 4.87. The van der Waals surface area contributed by atoms with Crippen LogP contribution in [0.1, 0.15) is 25.3 Å². The number of sulfonamides is 1. The summed E-state index contributed by atoms with van der Waals surface area (Å²) in [5.74, 6) is 0.307. The molecular weight excluding hydrogens is 450 g/mol. The molecule has 32 heavy (non-hydrogen) atoms. The van der Waals surface area contributed by atoms with Crippen LogP contribution in [0.3, 0.4) is 0 Å². The summed E-state index contributed by atoms with van der Waals surface area (Å²) in [5, 5.41) is 4.31. The van der Waals surface area contributed by atoms with Crippen LogP contribution in [0.2, 0.25) is 0 Å². The number of methoxy groups -OCH3 is 1. The molecule has 9 heteroatoms. The molecule has 0 radical (unpaired) electrons. The molecule has 174 valence electrons. The third kappa shape index (κ3) is 4.98. The molecule has 0 aliphatic carbocycles. The van der Waals surface area contributed by atoms with Crippen molar-refractivity contribution in [2.24, 2.45) is 0 Å². The third-order valence-electron chi connectivity index (χ3n) is 5.85. The summed E-state index contributed by atoms with van der Waals surface area (Å²) in [6.45, 7) is 6.96. The Kier molecular flexibility index (Phi) is 7.59. The second-order valence-electron chi connectivity index (χ2n) is 7.93. The number of hydrogen-bond acceptors (Lipinski definition) is 6. The Hall–Kier alpha value is -2.42. The van der Waals surface area contributed by atoms with E-state index in [1.165, 1.54) is 13.5 Å². The zero-order chi connectivity index (χ0) is 22.0. The lowest BCUT2D eigenvalue weighted by atomic mass is 10.2. The molecule has 2 heterocycles. The van der Waals surface area contributed by atoms with Crippen molar-refractivity contribution in [3.63, 3.8) is 0 Å². The molecule has 1 aliphatic heterocycles. The second kappa shape index (κ2) is 10.0. The molecule has 4 rings (SSSR count). The van der Waals surface area contributed by atoms with Gasteiger partial charge in [-0.25, -0.2) is 8.42 Å². The number of fused-ring (bicyclic) bond motifs is 1. The van der Waals surface area contributed by atoms with Crippen molar-refractivity contribution in [3.8, 4) is 5.75 Å². The first-order chi connectivity index (χ1) is 14.9. The lowest BCUT2D eigenvalue weighted by molar-refractivity contribution is 0.277. The molecule has 2 aromatic carbocycles. The number of likely N-dealkylation sites (N-methyl/N-ethyl adjacent to an activating group) is 1. The maximum atomic E-state index is 13.1. The predicted molar refractivity (Wildman–Crippen MR) is 131 cm³/mol. The number of likely N-dealkylation sites (tertiary alicyclic amines) is 1. The first-order valence-corrected chi connectivity index (χ1v) is 12.1. The number of nitrogens with one attached hydrogen (secondary N) is 2. The molecular formula is C23H30ClN3O4S. The Labute approximate surface area is 195 Å². The van der Waals surface area contributed by atoms with Crippen molar-refractivity contribution in [3.05, 3.63) is 48.2 Å². The van der Waals surface area contributed by atoms with Gasteiger partial charge >= 0.3 is 0 Å². The van der Waals surface area contributed by atoms with E-state index < -0.39 is 10.0 Å². The fourth-order valence-corrected chi connectivity index (χ4v) is 5.54. The lowest BCUT2D eigenvalue weighted by Gasteiger charge is -2.23. The summed E-state index contributed by atoms with van der Waals surface area (Å²) in [6, 6.07) is 11.0. The van der Waals surface area contributed by atoms with Gasteiger partial charge in [0.05, 0.1) is 24.7 Å². The summed E-state index contributed by atoms with van der Waals surface area (Å²) in [6.07, 6.45) is 3.97. The van der Waals surface area contributed by atoms with E-state index in [2.05, 4.69) is 21.9 Å². The Balaban J connectivity index is 0.00000289. The minimum atomic E-state index is -3.83. The fraction of sp³-hybridized carbons (Fsp3) is 0.391. The first-order valence-electron chi connectivity index (χ1n) is 10.6. The minimum Gasteiger partial charge on any atom is -0.495 e. The number of ether oxygens (including phenoxy) is 1. The van der Waals surface area contributed by atoms with Crippen LogP contribution >= 0.6 is 12.4 Å². The van der Waals surface area contributed by atoms with Gasteiger partial charge in [-0.2, -0.15) is 0 Å². The van der Waals surface area contributed by atoms with Crippen molar-refractivity contribution < 1.29 is 17.6 Å². The molecule has 1 atom stereocenters. The van der Waals surface area contributed by atoms with Gasteiger partial charge in [0.15, 0.2) is 5.58 Å². The number of hydrogen-bond donors (Lipinski definition) is 2. The highest BCUT2D eigenvalue weighted by Gasteiger charge is 2.24. The van der Waals surface area contributed by atoms with Crippen molar-refractivity contribution in [2.75, 3.05) is 36.8 Å². The normalized spacial score (nSPS) is 16.7. The molecule has 1 fully saturated rings. The van der Waals surface area contributed by atoms with E-state index >= 15 is 0 Å². The first kappa shape index (κ1) is 24.2. The summed E-state index contributed by atoms with van der Waals surface area (Å²) in [5.41, 5.74) is 2.81. The van der Waals surface area contributed by atoms with Crippen LogP contribution in [0, 0.1) is 6.92 Å². The van der Waals surface area contributed by atoms with E-state index in [1.54, 1.807) is 30.5 Å². The van der Waals surface area contributed by atoms with Crippen molar-refractivity contribution in [2.45, 2.75) is 37.6 Å². The topological polar surface area (TPSA) is 83.8 Å². The minimum absolute atomic E-state index is 0. The van der Waals surface area contributed by atoms with E-state index in [0.29, 0.717) is 17.5 Å². The van der Waals surface area contributed by atoms with Gasteiger partial charge in [-0.1, -0.05) is 13.0 Å². The number of nitrogens with zero attached hydrogens (tertiary/aromatic N) is 1. The molecule has 0 spiro atoms. The van der Waals surface area contributed by atoms with Crippen LogP contribution in [0.15, 0.2) is 52.0 Å². The average molecular weight is 480 g/mol. The summed E-state index contributed by atoms with van der Waals surface area (Å²) < 4.78 is 39.9. The maximum Gasteiger partial charge on any atom is 0.265 e. The van der Waals surface area contributed by atoms with Crippen molar-refractivity contribution >= 4 is 44.8 Å². The van der Waals surface area contributed by atoms with Gasteiger partial charge in [0, 0.05) is 18.0 Å². The van der Waals surface area contributed by atoms with Crippen molar-refractivity contribution in [1.82, 2.24) is 4.90 Å².